The fraction of sp³-hybridized carbons (Fsp3) is 0.409. The summed E-state index contributed by atoms with van der Waals surface area (Å²) in [4.78, 5) is 18.5. The topological polar surface area (TPSA) is 70.7 Å². The number of carboxylic acid groups (broad SMARTS) is 1. The largest absolute Gasteiger partial charge is 0.465 e. The van der Waals surface area contributed by atoms with E-state index in [-0.39, 0.29) is 5.92 Å². The molecule has 152 valence electrons. The molecule has 0 radical (unpaired) electrons. The summed E-state index contributed by atoms with van der Waals surface area (Å²) in [5.41, 5.74) is 3.37. The standard InChI is InChI=1S/C22H25ClN4O2/c1-14-8-7-11-26(21(28)29)22(14,13-17-9-5-4-6-10-17)18-12-19-24-16(3)15(2)20(23)27(19)25-18/h4-6,9-10,12,14H,7-8,11,13H2,1-3H3,(H,28,29). The number of nitrogens with zero attached hydrogens (tertiary/aromatic N) is 4. The summed E-state index contributed by atoms with van der Waals surface area (Å²) < 4.78 is 1.63. The highest BCUT2D eigenvalue weighted by Crippen LogP contribution is 2.44. The van der Waals surface area contributed by atoms with Gasteiger partial charge in [-0.2, -0.15) is 5.10 Å². The van der Waals surface area contributed by atoms with Crippen LogP contribution in [0.3, 0.4) is 0 Å². The maximum absolute atomic E-state index is 12.3. The van der Waals surface area contributed by atoms with Crippen LogP contribution in [0.2, 0.25) is 5.15 Å². The first-order valence-electron chi connectivity index (χ1n) is 9.92. The molecule has 2 aromatic heterocycles. The van der Waals surface area contributed by atoms with Gasteiger partial charge in [-0.05, 0) is 38.2 Å². The minimum Gasteiger partial charge on any atom is -0.465 e. The molecule has 1 aliphatic rings. The first-order chi connectivity index (χ1) is 13.8. The number of aryl methyl sites for hydroxylation is 1. The predicted molar refractivity (Wildman–Crippen MR) is 112 cm³/mol. The smallest absolute Gasteiger partial charge is 0.408 e. The van der Waals surface area contributed by atoms with Crippen molar-refractivity contribution in [2.75, 3.05) is 6.54 Å². The van der Waals surface area contributed by atoms with E-state index in [2.05, 4.69) is 11.9 Å². The monoisotopic (exact) mass is 412 g/mol. The van der Waals surface area contributed by atoms with E-state index in [0.29, 0.717) is 29.5 Å². The van der Waals surface area contributed by atoms with E-state index in [1.165, 1.54) is 0 Å². The third-order valence-corrected chi connectivity index (χ3v) is 6.76. The fourth-order valence-corrected chi connectivity index (χ4v) is 4.82. The molecule has 2 unspecified atom stereocenters. The number of hydrogen-bond donors (Lipinski definition) is 1. The zero-order valence-corrected chi connectivity index (χ0v) is 17.6. The highest BCUT2D eigenvalue weighted by Gasteiger charge is 2.50. The number of benzene rings is 1. The molecule has 0 saturated carbocycles. The maximum Gasteiger partial charge on any atom is 0.408 e. The van der Waals surface area contributed by atoms with Crippen LogP contribution < -0.4 is 0 Å². The Hall–Kier alpha value is -2.60. The van der Waals surface area contributed by atoms with Crippen LogP contribution >= 0.6 is 11.6 Å². The van der Waals surface area contributed by atoms with Crippen molar-refractivity contribution in [3.05, 3.63) is 64.1 Å². The lowest BCUT2D eigenvalue weighted by Gasteiger charge is -2.49. The van der Waals surface area contributed by atoms with E-state index in [1.54, 1.807) is 9.42 Å². The van der Waals surface area contributed by atoms with Gasteiger partial charge in [-0.25, -0.2) is 14.3 Å². The molecular formula is C22H25ClN4O2. The lowest BCUT2D eigenvalue weighted by atomic mass is 9.71. The third kappa shape index (κ3) is 3.15. The maximum atomic E-state index is 12.3. The first-order valence-corrected chi connectivity index (χ1v) is 10.3. The zero-order chi connectivity index (χ0) is 20.8. The number of likely N-dealkylation sites (tertiary alicyclic amines) is 1. The summed E-state index contributed by atoms with van der Waals surface area (Å²) in [7, 11) is 0. The van der Waals surface area contributed by atoms with Crippen molar-refractivity contribution >= 4 is 23.3 Å². The molecule has 2 atom stereocenters. The van der Waals surface area contributed by atoms with Gasteiger partial charge in [0.2, 0.25) is 0 Å². The molecule has 1 aromatic carbocycles. The molecule has 1 fully saturated rings. The Labute approximate surface area is 175 Å². The van der Waals surface area contributed by atoms with E-state index in [4.69, 9.17) is 16.7 Å². The summed E-state index contributed by atoms with van der Waals surface area (Å²) >= 11 is 6.56. The van der Waals surface area contributed by atoms with Crippen LogP contribution in [0.15, 0.2) is 36.4 Å². The van der Waals surface area contributed by atoms with Crippen LogP contribution in [0.1, 0.15) is 42.3 Å². The molecule has 1 saturated heterocycles. The lowest BCUT2D eigenvalue weighted by Crippen LogP contribution is -2.57. The van der Waals surface area contributed by atoms with Gasteiger partial charge in [0, 0.05) is 30.3 Å². The van der Waals surface area contributed by atoms with Crippen LogP contribution in [0.4, 0.5) is 4.79 Å². The van der Waals surface area contributed by atoms with Crippen molar-refractivity contribution in [3.8, 4) is 0 Å². The highest BCUT2D eigenvalue weighted by molar-refractivity contribution is 6.30. The molecule has 4 rings (SSSR count). The number of piperidine rings is 1. The second-order valence-electron chi connectivity index (χ2n) is 7.98. The SMILES string of the molecule is Cc1nc2cc(C3(Cc4ccccc4)C(C)CCCN3C(=O)O)nn2c(Cl)c1C. The third-order valence-electron chi connectivity index (χ3n) is 6.32. The molecule has 7 heteroatoms. The van der Waals surface area contributed by atoms with Crippen molar-refractivity contribution in [2.45, 2.75) is 45.6 Å². The summed E-state index contributed by atoms with van der Waals surface area (Å²) in [6.45, 7) is 6.44. The van der Waals surface area contributed by atoms with Gasteiger partial charge in [-0.1, -0.05) is 48.9 Å². The van der Waals surface area contributed by atoms with Crippen molar-refractivity contribution in [1.82, 2.24) is 19.5 Å². The van der Waals surface area contributed by atoms with Gasteiger partial charge in [0.1, 0.15) is 5.15 Å². The normalized spacial score (nSPS) is 22.2. The van der Waals surface area contributed by atoms with Crippen molar-refractivity contribution < 1.29 is 9.90 Å². The number of halogens is 1. The predicted octanol–water partition coefficient (Wildman–Crippen LogP) is 4.85. The van der Waals surface area contributed by atoms with E-state index < -0.39 is 11.6 Å². The Morgan fingerprint density at radius 2 is 2.03 bits per heavy atom. The number of amides is 1. The number of aromatic nitrogens is 3. The molecule has 3 heterocycles. The molecule has 29 heavy (non-hydrogen) atoms. The van der Waals surface area contributed by atoms with Crippen molar-refractivity contribution in [3.63, 3.8) is 0 Å². The van der Waals surface area contributed by atoms with Crippen molar-refractivity contribution in [1.29, 1.82) is 0 Å². The highest BCUT2D eigenvalue weighted by atomic mass is 35.5. The van der Waals surface area contributed by atoms with E-state index >= 15 is 0 Å². The average molecular weight is 413 g/mol. The van der Waals surface area contributed by atoms with E-state index in [1.807, 2.05) is 50.2 Å². The number of carbonyl (C=O) groups is 1. The average Bonchev–Trinajstić information content (AvgIpc) is 3.13. The Balaban J connectivity index is 1.96. The summed E-state index contributed by atoms with van der Waals surface area (Å²) in [5, 5.41) is 15.4. The van der Waals surface area contributed by atoms with Crippen LogP contribution in [0, 0.1) is 19.8 Å². The molecule has 1 N–H and O–H groups in total. The van der Waals surface area contributed by atoms with Crippen LogP contribution in [-0.4, -0.2) is 37.2 Å². The lowest BCUT2D eigenvalue weighted by molar-refractivity contribution is 0.00404. The zero-order valence-electron chi connectivity index (χ0n) is 16.9. The van der Waals surface area contributed by atoms with Crippen LogP contribution in [0.25, 0.3) is 5.65 Å². The summed E-state index contributed by atoms with van der Waals surface area (Å²) in [6.07, 6.45) is 1.41. The van der Waals surface area contributed by atoms with Gasteiger partial charge in [-0.3, -0.25) is 4.90 Å². The minimum absolute atomic E-state index is 0.0958. The number of fused-ring (bicyclic) bond motifs is 1. The van der Waals surface area contributed by atoms with E-state index in [9.17, 15) is 9.90 Å². The molecule has 3 aromatic rings. The molecular weight excluding hydrogens is 388 g/mol. The van der Waals surface area contributed by atoms with Crippen molar-refractivity contribution in [2.24, 2.45) is 5.92 Å². The Morgan fingerprint density at radius 1 is 1.31 bits per heavy atom. The molecule has 1 aliphatic heterocycles. The van der Waals surface area contributed by atoms with E-state index in [0.717, 1.165) is 29.7 Å². The van der Waals surface area contributed by atoms with Gasteiger partial charge >= 0.3 is 6.09 Å². The van der Waals surface area contributed by atoms with Crippen LogP contribution in [0.5, 0.6) is 0 Å². The second kappa shape index (κ2) is 7.34. The quantitative estimate of drug-likeness (QED) is 0.624. The summed E-state index contributed by atoms with van der Waals surface area (Å²) in [6, 6.07) is 11.9. The molecule has 1 amide bonds. The number of rotatable bonds is 3. The van der Waals surface area contributed by atoms with Crippen LogP contribution in [-0.2, 0) is 12.0 Å². The fourth-order valence-electron chi connectivity index (χ4n) is 4.55. The van der Waals surface area contributed by atoms with Gasteiger partial charge in [-0.15, -0.1) is 0 Å². The minimum atomic E-state index is -0.920. The molecule has 0 spiro atoms. The number of hydrogen-bond acceptors (Lipinski definition) is 3. The van der Waals surface area contributed by atoms with Gasteiger partial charge in [0.05, 0.1) is 11.2 Å². The Bertz CT molecular complexity index is 1070. The van der Waals surface area contributed by atoms with Gasteiger partial charge < -0.3 is 5.11 Å². The summed E-state index contributed by atoms with van der Waals surface area (Å²) in [5.74, 6) is 0.0958. The van der Waals surface area contributed by atoms with Gasteiger partial charge in [0.15, 0.2) is 5.65 Å². The molecule has 0 bridgehead atoms. The Morgan fingerprint density at radius 3 is 2.72 bits per heavy atom. The van der Waals surface area contributed by atoms with Gasteiger partial charge in [0.25, 0.3) is 0 Å². The second-order valence-corrected chi connectivity index (χ2v) is 8.33. The molecule has 6 nitrogen and oxygen atoms in total. The first kappa shape index (κ1) is 19.7. The Kier molecular flexibility index (Phi) is 4.99. The molecule has 0 aliphatic carbocycles.